The number of nitrogens with zero attached hydrogens (tertiary/aromatic N) is 1. The highest BCUT2D eigenvalue weighted by Gasteiger charge is 2.33. The molecule has 4 heteroatoms. The third-order valence-corrected chi connectivity index (χ3v) is 4.18. The van der Waals surface area contributed by atoms with E-state index in [2.05, 4.69) is 10.6 Å². The minimum atomic E-state index is -1.13. The highest BCUT2D eigenvalue weighted by molar-refractivity contribution is 5.91. The summed E-state index contributed by atoms with van der Waals surface area (Å²) in [4.78, 5) is 4.71. The second kappa shape index (κ2) is 7.65. The van der Waals surface area contributed by atoms with Gasteiger partial charge in [-0.2, -0.15) is 0 Å². The van der Waals surface area contributed by atoms with E-state index in [0.717, 1.165) is 23.5 Å². The van der Waals surface area contributed by atoms with Gasteiger partial charge in [0.15, 0.2) is 0 Å². The first kappa shape index (κ1) is 16.8. The van der Waals surface area contributed by atoms with Crippen molar-refractivity contribution in [1.82, 2.24) is 10.6 Å². The third-order valence-electron chi connectivity index (χ3n) is 4.18. The summed E-state index contributed by atoms with van der Waals surface area (Å²) in [6.07, 6.45) is 2.58. The lowest BCUT2D eigenvalue weighted by atomic mass is 10.0. The average Bonchev–Trinajstić information content (AvgIpc) is 2.98. The van der Waals surface area contributed by atoms with Crippen LogP contribution in [0.3, 0.4) is 0 Å². The van der Waals surface area contributed by atoms with Crippen molar-refractivity contribution in [3.63, 3.8) is 0 Å². The maximum absolute atomic E-state index is 14.4. The molecule has 0 radical (unpaired) electrons. The van der Waals surface area contributed by atoms with Gasteiger partial charge >= 0.3 is 0 Å². The lowest BCUT2D eigenvalue weighted by Crippen LogP contribution is -2.44. The molecule has 1 aliphatic heterocycles. The molecule has 0 spiro atoms. The van der Waals surface area contributed by atoms with Gasteiger partial charge in [-0.05, 0) is 39.3 Å². The smallest absolute Gasteiger partial charge is 0.136 e. The second-order valence-electron chi connectivity index (χ2n) is 5.97. The van der Waals surface area contributed by atoms with Crippen molar-refractivity contribution >= 4 is 11.4 Å². The van der Waals surface area contributed by atoms with Crippen LogP contribution < -0.4 is 10.6 Å². The number of halogens is 1. The fourth-order valence-electron chi connectivity index (χ4n) is 2.54. The number of hydrogen-bond donors (Lipinski definition) is 2. The van der Waals surface area contributed by atoms with Gasteiger partial charge in [0, 0.05) is 24.8 Å². The highest BCUT2D eigenvalue weighted by Crippen LogP contribution is 2.19. The first-order valence-electron chi connectivity index (χ1n) is 7.94. The van der Waals surface area contributed by atoms with Crippen molar-refractivity contribution in [3.05, 3.63) is 42.0 Å². The first-order valence-corrected chi connectivity index (χ1v) is 7.94. The molecule has 0 amide bonds. The molecular weight excluding hydrogens is 277 g/mol. The Bertz CT molecular complexity index is 531. The van der Waals surface area contributed by atoms with Gasteiger partial charge in [0.2, 0.25) is 0 Å². The Balaban J connectivity index is 1.98. The molecule has 1 aromatic carbocycles. The molecule has 1 heterocycles. The summed E-state index contributed by atoms with van der Waals surface area (Å²) in [5.74, 6) is 0. The first-order chi connectivity index (χ1) is 10.5. The normalized spacial score (nSPS) is 24.5. The van der Waals surface area contributed by atoms with Crippen LogP contribution in [0.2, 0.25) is 0 Å². The SMILES string of the molecule is C/C=C(\N=C(C)C(C)NCC1(F)CCNC1)c1ccccc1. The van der Waals surface area contributed by atoms with Crippen molar-refractivity contribution in [3.8, 4) is 0 Å². The van der Waals surface area contributed by atoms with Gasteiger partial charge in [0.25, 0.3) is 0 Å². The molecule has 0 bridgehead atoms. The molecule has 0 aliphatic carbocycles. The Labute approximate surface area is 132 Å². The second-order valence-corrected chi connectivity index (χ2v) is 5.97. The molecule has 1 saturated heterocycles. The van der Waals surface area contributed by atoms with Gasteiger partial charge in [-0.3, -0.25) is 4.99 Å². The van der Waals surface area contributed by atoms with Gasteiger partial charge < -0.3 is 10.6 Å². The molecule has 2 unspecified atom stereocenters. The number of alkyl halides is 1. The molecule has 3 nitrogen and oxygen atoms in total. The zero-order valence-electron chi connectivity index (χ0n) is 13.7. The number of rotatable bonds is 6. The Morgan fingerprint density at radius 1 is 1.45 bits per heavy atom. The molecule has 2 rings (SSSR count). The number of allylic oxidation sites excluding steroid dienone is 1. The molecule has 1 fully saturated rings. The number of benzene rings is 1. The summed E-state index contributed by atoms with van der Waals surface area (Å²) < 4.78 is 14.4. The summed E-state index contributed by atoms with van der Waals surface area (Å²) >= 11 is 0. The maximum atomic E-state index is 14.4. The minimum Gasteiger partial charge on any atom is -0.313 e. The van der Waals surface area contributed by atoms with Crippen LogP contribution in [0.15, 0.2) is 41.4 Å². The van der Waals surface area contributed by atoms with E-state index in [9.17, 15) is 4.39 Å². The molecule has 0 saturated carbocycles. The molecule has 2 atom stereocenters. The van der Waals surface area contributed by atoms with E-state index < -0.39 is 5.67 Å². The van der Waals surface area contributed by atoms with Gasteiger partial charge in [0.05, 0.1) is 5.70 Å². The fraction of sp³-hybridized carbons (Fsp3) is 0.500. The van der Waals surface area contributed by atoms with Crippen molar-refractivity contribution in [1.29, 1.82) is 0 Å². The molecule has 1 aromatic rings. The quantitative estimate of drug-likeness (QED) is 0.792. The zero-order valence-corrected chi connectivity index (χ0v) is 13.7. The minimum absolute atomic E-state index is 0.0480. The average molecular weight is 303 g/mol. The predicted octanol–water partition coefficient (Wildman–Crippen LogP) is 3.19. The maximum Gasteiger partial charge on any atom is 0.136 e. The lowest BCUT2D eigenvalue weighted by Gasteiger charge is -2.22. The Morgan fingerprint density at radius 3 is 2.77 bits per heavy atom. The van der Waals surface area contributed by atoms with Crippen LogP contribution in [-0.2, 0) is 0 Å². The van der Waals surface area contributed by atoms with Crippen LogP contribution in [-0.4, -0.2) is 37.1 Å². The number of aliphatic imine (C=N–C) groups is 1. The highest BCUT2D eigenvalue weighted by atomic mass is 19.1. The summed E-state index contributed by atoms with van der Waals surface area (Å²) in [6, 6.07) is 10.1. The van der Waals surface area contributed by atoms with Crippen LogP contribution >= 0.6 is 0 Å². The fourth-order valence-corrected chi connectivity index (χ4v) is 2.54. The van der Waals surface area contributed by atoms with Crippen LogP contribution in [0.25, 0.3) is 5.70 Å². The van der Waals surface area contributed by atoms with Crippen LogP contribution in [0.4, 0.5) is 4.39 Å². The molecule has 0 aromatic heterocycles. The predicted molar refractivity (Wildman–Crippen MR) is 92.0 cm³/mol. The lowest BCUT2D eigenvalue weighted by molar-refractivity contribution is 0.184. The Morgan fingerprint density at radius 2 is 2.18 bits per heavy atom. The third kappa shape index (κ3) is 4.49. The van der Waals surface area contributed by atoms with E-state index in [1.165, 1.54) is 0 Å². The Hall–Kier alpha value is -1.52. The number of nitrogens with one attached hydrogen (secondary N) is 2. The van der Waals surface area contributed by atoms with E-state index in [4.69, 9.17) is 4.99 Å². The van der Waals surface area contributed by atoms with Crippen LogP contribution in [0, 0.1) is 0 Å². The van der Waals surface area contributed by atoms with Crippen molar-refractivity contribution < 1.29 is 4.39 Å². The van der Waals surface area contributed by atoms with E-state index in [1.807, 2.05) is 57.2 Å². The monoisotopic (exact) mass is 303 g/mol. The van der Waals surface area contributed by atoms with Crippen molar-refractivity contribution in [2.45, 2.75) is 38.9 Å². The molecule has 2 N–H and O–H groups in total. The molecule has 22 heavy (non-hydrogen) atoms. The van der Waals surface area contributed by atoms with Gasteiger partial charge in [-0.25, -0.2) is 4.39 Å². The zero-order chi connectivity index (χ0) is 16.0. The Kier molecular flexibility index (Phi) is 5.86. The largest absolute Gasteiger partial charge is 0.313 e. The van der Waals surface area contributed by atoms with E-state index in [1.54, 1.807) is 0 Å². The van der Waals surface area contributed by atoms with Gasteiger partial charge in [-0.15, -0.1) is 0 Å². The van der Waals surface area contributed by atoms with E-state index in [-0.39, 0.29) is 6.04 Å². The van der Waals surface area contributed by atoms with Gasteiger partial charge in [-0.1, -0.05) is 36.4 Å². The summed E-state index contributed by atoms with van der Waals surface area (Å²) in [6.45, 7) is 7.57. The standard InChI is InChI=1S/C18H26FN3/c1-4-17(16-8-6-5-7-9-16)22-15(3)14(2)21-13-18(19)10-11-20-12-18/h4-9,14,20-21H,10-13H2,1-3H3/b17-4-,22-15?. The van der Waals surface area contributed by atoms with E-state index in [0.29, 0.717) is 19.5 Å². The van der Waals surface area contributed by atoms with Crippen molar-refractivity contribution in [2.24, 2.45) is 4.99 Å². The summed E-state index contributed by atoms with van der Waals surface area (Å²) in [5.41, 5.74) is 1.88. The number of hydrogen-bond acceptors (Lipinski definition) is 3. The van der Waals surface area contributed by atoms with Gasteiger partial charge in [0.1, 0.15) is 5.67 Å². The molecular formula is C18H26FN3. The van der Waals surface area contributed by atoms with E-state index >= 15 is 0 Å². The topological polar surface area (TPSA) is 36.4 Å². The molecule has 120 valence electrons. The van der Waals surface area contributed by atoms with Crippen LogP contribution in [0.1, 0.15) is 32.8 Å². The van der Waals surface area contributed by atoms with Crippen LogP contribution in [0.5, 0.6) is 0 Å². The molecule has 1 aliphatic rings. The summed E-state index contributed by atoms with van der Waals surface area (Å²) in [5, 5.41) is 6.35. The summed E-state index contributed by atoms with van der Waals surface area (Å²) in [7, 11) is 0. The van der Waals surface area contributed by atoms with Crippen molar-refractivity contribution in [2.75, 3.05) is 19.6 Å².